The average molecular weight is 964 g/mol. The largest absolute Gasteiger partial charge is 0.463 e. The monoisotopic (exact) mass is 963 g/mol. The normalized spacial score (nSPS) is 25.8. The van der Waals surface area contributed by atoms with E-state index in [4.69, 9.17) is 45.4 Å². The van der Waals surface area contributed by atoms with Crippen LogP contribution in [0.1, 0.15) is 70.9 Å². The number of hydrogen-bond acceptors (Lipinski definition) is 19. The number of benzene rings is 1. The number of pyridine rings is 1. The molecule has 19 heteroatoms. The zero-order valence-corrected chi connectivity index (χ0v) is 40.2. The molecule has 11 atom stereocenters. The summed E-state index contributed by atoms with van der Waals surface area (Å²) in [7, 11) is 3.31. The van der Waals surface area contributed by atoms with Crippen molar-refractivity contribution >= 4 is 66.8 Å². The van der Waals surface area contributed by atoms with Crippen LogP contribution in [0, 0.1) is 11.3 Å². The number of thiocarbonyl (C=S) groups is 1. The minimum absolute atomic E-state index is 0.0456. The number of thioether (sulfide) groups is 2. The first kappa shape index (κ1) is 53.5. The van der Waals surface area contributed by atoms with Gasteiger partial charge in [0, 0.05) is 30.0 Å². The summed E-state index contributed by atoms with van der Waals surface area (Å²) in [5.74, 6) is 1.11. The van der Waals surface area contributed by atoms with Crippen LogP contribution < -0.4 is 0 Å². The summed E-state index contributed by atoms with van der Waals surface area (Å²) in [5, 5.41) is 52.3. The van der Waals surface area contributed by atoms with Gasteiger partial charge in [0.1, 0.15) is 33.5 Å². The summed E-state index contributed by atoms with van der Waals surface area (Å²) in [5.41, 5.74) is 1.56. The van der Waals surface area contributed by atoms with E-state index < -0.39 is 54.6 Å². The molecule has 1 aromatic heterocycles. The average Bonchev–Trinajstić information content (AvgIpc) is 3.25. The second-order valence-electron chi connectivity index (χ2n) is 15.9. The highest BCUT2D eigenvalue weighted by Crippen LogP contribution is 2.44. The predicted molar refractivity (Wildman–Crippen MR) is 248 cm³/mol. The Labute approximate surface area is 388 Å². The number of ether oxygens (including phenoxy) is 7. The van der Waals surface area contributed by atoms with Crippen LogP contribution >= 0.6 is 57.3 Å². The summed E-state index contributed by atoms with van der Waals surface area (Å²) < 4.78 is 40.9. The van der Waals surface area contributed by atoms with Gasteiger partial charge < -0.3 is 58.7 Å². The summed E-state index contributed by atoms with van der Waals surface area (Å²) in [4.78, 5) is 17.6. The van der Waals surface area contributed by atoms with E-state index in [1.807, 2.05) is 37.3 Å². The summed E-state index contributed by atoms with van der Waals surface area (Å²) in [6, 6.07) is 13.9. The van der Waals surface area contributed by atoms with Crippen LogP contribution in [0.5, 0.6) is 0 Å². The summed E-state index contributed by atoms with van der Waals surface area (Å²) in [6.45, 7) is 12.1. The van der Waals surface area contributed by atoms with Crippen LogP contribution in [0.3, 0.4) is 0 Å². The molecule has 0 radical (unpaired) electrons. The maximum Gasteiger partial charge on any atom is 0.309 e. The Bertz CT molecular complexity index is 1580. The first-order valence-electron chi connectivity index (χ1n) is 21.0. The molecule has 62 heavy (non-hydrogen) atoms. The predicted octanol–water partition coefficient (Wildman–Crippen LogP) is 5.59. The molecule has 350 valence electrons. The minimum Gasteiger partial charge on any atom is -0.463 e. The molecule has 1 aromatic carbocycles. The second-order valence-corrected chi connectivity index (χ2v) is 22.2. The van der Waals surface area contributed by atoms with Crippen molar-refractivity contribution in [1.29, 1.82) is 0 Å². The zero-order valence-electron chi connectivity index (χ0n) is 36.2. The Balaban J connectivity index is 1.24. The van der Waals surface area contributed by atoms with Crippen molar-refractivity contribution in [2.24, 2.45) is 11.3 Å². The number of carbonyl (C=O) groups excluding carboxylic acids is 1. The lowest BCUT2D eigenvalue weighted by molar-refractivity contribution is -0.346. The van der Waals surface area contributed by atoms with E-state index >= 15 is 0 Å². The van der Waals surface area contributed by atoms with Gasteiger partial charge in [0.15, 0.2) is 12.6 Å². The van der Waals surface area contributed by atoms with Gasteiger partial charge in [-0.25, -0.2) is 4.98 Å². The zero-order chi connectivity index (χ0) is 45.1. The van der Waals surface area contributed by atoms with Crippen LogP contribution in [-0.2, 0) is 44.6 Å². The lowest BCUT2D eigenvalue weighted by Crippen LogP contribution is -2.55. The van der Waals surface area contributed by atoms with Gasteiger partial charge in [-0.15, -0.1) is 23.5 Å². The van der Waals surface area contributed by atoms with Gasteiger partial charge in [-0.2, -0.15) is 0 Å². The molecule has 2 aromatic rings. The van der Waals surface area contributed by atoms with Gasteiger partial charge in [0.2, 0.25) is 0 Å². The van der Waals surface area contributed by atoms with E-state index in [9.17, 15) is 30.3 Å². The molecule has 0 amide bonds. The van der Waals surface area contributed by atoms with E-state index in [-0.39, 0.29) is 68.9 Å². The molecule has 2 saturated heterocycles. The van der Waals surface area contributed by atoms with Crippen LogP contribution in [-0.4, -0.2) is 152 Å². The topological polar surface area (TPSA) is 196 Å². The fourth-order valence-electron chi connectivity index (χ4n) is 6.83. The van der Waals surface area contributed by atoms with Crippen LogP contribution in [0.15, 0.2) is 53.7 Å². The molecule has 0 saturated carbocycles. The van der Waals surface area contributed by atoms with Crippen molar-refractivity contribution < 1.29 is 63.5 Å². The molecule has 2 aliphatic heterocycles. The number of hydrogen-bond donors (Lipinski definition) is 5. The molecule has 3 heterocycles. The number of esters is 1. The number of aromatic nitrogens is 1. The van der Waals surface area contributed by atoms with Crippen molar-refractivity contribution in [3.05, 3.63) is 59.8 Å². The van der Waals surface area contributed by atoms with E-state index in [1.165, 1.54) is 0 Å². The van der Waals surface area contributed by atoms with Crippen molar-refractivity contribution in [3.8, 4) is 0 Å². The van der Waals surface area contributed by atoms with E-state index in [0.29, 0.717) is 26.2 Å². The van der Waals surface area contributed by atoms with Crippen molar-refractivity contribution in [1.82, 2.24) is 4.98 Å². The Morgan fingerprint density at radius 1 is 0.935 bits per heavy atom. The third-order valence-corrected chi connectivity index (χ3v) is 15.7. The number of aliphatic hydroxyl groups excluding tert-OH is 5. The molecule has 11 unspecified atom stereocenters. The fourth-order valence-corrected chi connectivity index (χ4v) is 11.4. The Kier molecular flexibility index (Phi) is 24.3. The SMILES string of the molecule is CCSC(=S)SC(C)C(CC(C)(C)C(C)C(=O)OCCOCCOCCSSc1ccccn1)c1ccc(COCC2OC(OC3OC(CO)CC(O)C3O)CC(O)C2O)cc1. The summed E-state index contributed by atoms with van der Waals surface area (Å²) in [6.07, 6.45) is -6.58. The van der Waals surface area contributed by atoms with Crippen molar-refractivity contribution in [2.45, 2.75) is 126 Å². The Morgan fingerprint density at radius 3 is 2.34 bits per heavy atom. The van der Waals surface area contributed by atoms with Crippen LogP contribution in [0.4, 0.5) is 0 Å². The highest BCUT2D eigenvalue weighted by atomic mass is 33.1. The lowest BCUT2D eigenvalue weighted by Gasteiger charge is -2.41. The van der Waals surface area contributed by atoms with Gasteiger partial charge in [0.05, 0.1) is 70.5 Å². The molecular formula is C43H65NO13S5. The Morgan fingerprint density at radius 2 is 1.65 bits per heavy atom. The van der Waals surface area contributed by atoms with Gasteiger partial charge >= 0.3 is 5.97 Å². The molecule has 14 nitrogen and oxygen atoms in total. The molecular weight excluding hydrogens is 899 g/mol. The molecule has 0 bridgehead atoms. The van der Waals surface area contributed by atoms with E-state index in [0.717, 1.165) is 31.2 Å². The van der Waals surface area contributed by atoms with Gasteiger partial charge in [0.25, 0.3) is 0 Å². The number of carbonyl (C=O) groups is 1. The van der Waals surface area contributed by atoms with Crippen LogP contribution in [0.2, 0.25) is 0 Å². The molecule has 4 rings (SSSR count). The summed E-state index contributed by atoms with van der Waals surface area (Å²) >= 11 is 9.01. The van der Waals surface area contributed by atoms with Gasteiger partial charge in [-0.1, -0.05) is 88.0 Å². The molecule has 0 spiro atoms. The first-order chi connectivity index (χ1) is 29.7. The highest BCUT2D eigenvalue weighted by Gasteiger charge is 2.43. The van der Waals surface area contributed by atoms with Gasteiger partial charge in [-0.3, -0.25) is 4.79 Å². The minimum atomic E-state index is -1.38. The van der Waals surface area contributed by atoms with Crippen molar-refractivity contribution in [3.63, 3.8) is 0 Å². The number of rotatable bonds is 26. The van der Waals surface area contributed by atoms with Gasteiger partial charge in [-0.05, 0) is 57.6 Å². The maximum atomic E-state index is 13.3. The third kappa shape index (κ3) is 17.9. The molecule has 2 aliphatic rings. The molecule has 0 aliphatic carbocycles. The maximum absolute atomic E-state index is 13.3. The van der Waals surface area contributed by atoms with E-state index in [2.05, 4.69) is 44.8 Å². The fraction of sp³-hybridized carbons (Fsp3) is 0.698. The highest BCUT2D eigenvalue weighted by molar-refractivity contribution is 8.76. The standard InChI is InChI=1S/C43H65NO13S5/c1-6-59-42(58)61-28(3)32(23-43(4,5)27(2)40(50)54-18-17-51-15-16-52-19-20-60-62-36-9-7-8-14-44-36)30-12-10-29(11-13-30)25-53-26-35-38(48)34(47)22-37(56-35)57-41-39(49)33(46)21-31(24-45)55-41/h7-14,27-28,31-35,37-39,41,45-49H,6,15-26H2,1-5H3. The van der Waals surface area contributed by atoms with Crippen molar-refractivity contribution in [2.75, 3.05) is 57.8 Å². The lowest BCUT2D eigenvalue weighted by atomic mass is 9.71. The molecule has 5 N–H and O–H groups in total. The van der Waals surface area contributed by atoms with Crippen LogP contribution in [0.25, 0.3) is 0 Å². The first-order valence-corrected chi connectivity index (χ1v) is 25.6. The second kappa shape index (κ2) is 28.2. The third-order valence-electron chi connectivity index (χ3n) is 10.8. The quantitative estimate of drug-likeness (QED) is 0.0338. The molecule has 2 fully saturated rings. The number of aliphatic hydroxyl groups is 5. The number of nitrogens with zero attached hydrogens (tertiary/aromatic N) is 1. The smallest absolute Gasteiger partial charge is 0.309 e. The Hall–Kier alpha value is -1.11. The van der Waals surface area contributed by atoms with E-state index in [1.54, 1.807) is 51.3 Å².